The Hall–Kier alpha value is -2.94. The fourth-order valence-electron chi connectivity index (χ4n) is 2.34. The molecule has 5 nitrogen and oxygen atoms in total. The van der Waals surface area contributed by atoms with E-state index in [9.17, 15) is 32.3 Å². The van der Waals surface area contributed by atoms with Crippen LogP contribution in [0.2, 0.25) is 0 Å². The summed E-state index contributed by atoms with van der Waals surface area (Å²) in [6, 6.07) is 7.36. The number of aliphatic hydroxyl groups is 1. The van der Waals surface area contributed by atoms with Crippen molar-refractivity contribution in [3.8, 4) is 0 Å². The first-order chi connectivity index (χ1) is 12.6. The minimum Gasteiger partial charge on any atom is -0.378 e. The molecule has 0 fully saturated rings. The molecule has 2 amide bonds. The predicted octanol–water partition coefficient (Wildman–Crippen LogP) is 2.09. The van der Waals surface area contributed by atoms with E-state index < -0.39 is 41.5 Å². The third-order valence-corrected chi connectivity index (χ3v) is 3.82. The Balaban J connectivity index is 2.07. The molecule has 2 atom stereocenters. The van der Waals surface area contributed by atoms with Gasteiger partial charge in [-0.15, -0.1) is 0 Å². The molecule has 0 aliphatic carbocycles. The van der Waals surface area contributed by atoms with Gasteiger partial charge in [-0.1, -0.05) is 24.3 Å². The summed E-state index contributed by atoms with van der Waals surface area (Å²) in [5.74, 6) is -2.36. The van der Waals surface area contributed by atoms with Crippen LogP contribution in [0.4, 0.5) is 17.6 Å². The number of carbonyl (C=O) groups excluding carboxylic acids is 2. The van der Waals surface area contributed by atoms with E-state index in [1.807, 2.05) is 0 Å². The Morgan fingerprint density at radius 3 is 2.07 bits per heavy atom. The van der Waals surface area contributed by atoms with Gasteiger partial charge in [-0.25, -0.2) is 4.39 Å². The smallest absolute Gasteiger partial charge is 0.378 e. The van der Waals surface area contributed by atoms with Crippen LogP contribution in [-0.4, -0.2) is 23.0 Å². The SMILES string of the molecule is NC(=O)[C@H](Cc1ccc(F)cc1)NC(=O)[C@@H](O)c1ccc(C(F)(F)F)cc1. The standard InChI is InChI=1S/C18H16F4N2O3/c19-13-7-1-10(2-8-13)9-14(16(23)26)24-17(27)15(25)11-3-5-12(6-4-11)18(20,21)22/h1-8,14-15,25H,9H2,(H2,23,26)(H,24,27)/t14-,15-/m0/s1. The number of halogens is 4. The highest BCUT2D eigenvalue weighted by Gasteiger charge is 2.31. The maximum atomic E-state index is 12.9. The quantitative estimate of drug-likeness (QED) is 0.666. The fourth-order valence-corrected chi connectivity index (χ4v) is 2.34. The molecule has 0 heterocycles. The lowest BCUT2D eigenvalue weighted by atomic mass is 10.0. The molecule has 27 heavy (non-hydrogen) atoms. The molecule has 2 rings (SSSR count). The number of nitrogens with one attached hydrogen (secondary N) is 1. The molecule has 9 heteroatoms. The van der Waals surface area contributed by atoms with Gasteiger partial charge in [0.15, 0.2) is 6.10 Å². The van der Waals surface area contributed by atoms with E-state index >= 15 is 0 Å². The molecule has 0 aromatic heterocycles. The first-order valence-corrected chi connectivity index (χ1v) is 7.77. The van der Waals surface area contributed by atoms with Gasteiger partial charge in [-0.05, 0) is 35.4 Å². The van der Waals surface area contributed by atoms with Crippen LogP contribution in [0.1, 0.15) is 22.8 Å². The number of carbonyl (C=O) groups is 2. The largest absolute Gasteiger partial charge is 0.416 e. The Morgan fingerprint density at radius 2 is 1.59 bits per heavy atom. The van der Waals surface area contributed by atoms with E-state index in [0.29, 0.717) is 5.56 Å². The molecule has 2 aromatic rings. The van der Waals surface area contributed by atoms with Gasteiger partial charge in [0.1, 0.15) is 11.9 Å². The van der Waals surface area contributed by atoms with Gasteiger partial charge >= 0.3 is 6.18 Å². The van der Waals surface area contributed by atoms with Gasteiger partial charge in [-0.3, -0.25) is 9.59 Å². The van der Waals surface area contributed by atoms with Gasteiger partial charge < -0.3 is 16.2 Å². The van der Waals surface area contributed by atoms with Gasteiger partial charge in [0.05, 0.1) is 5.56 Å². The molecule has 0 unspecified atom stereocenters. The summed E-state index contributed by atoms with van der Waals surface area (Å²) >= 11 is 0. The normalized spacial score (nSPS) is 13.7. The highest BCUT2D eigenvalue weighted by Crippen LogP contribution is 2.30. The van der Waals surface area contributed by atoms with Crippen molar-refractivity contribution in [2.75, 3.05) is 0 Å². The number of primary amides is 1. The summed E-state index contributed by atoms with van der Waals surface area (Å²) in [5.41, 5.74) is 4.75. The lowest BCUT2D eigenvalue weighted by Crippen LogP contribution is -2.47. The zero-order valence-electron chi connectivity index (χ0n) is 13.8. The molecule has 4 N–H and O–H groups in total. The van der Waals surface area contributed by atoms with Gasteiger partial charge in [0.25, 0.3) is 5.91 Å². The number of hydrogen-bond acceptors (Lipinski definition) is 3. The topological polar surface area (TPSA) is 92.4 Å². The van der Waals surface area contributed by atoms with Crippen molar-refractivity contribution in [1.29, 1.82) is 0 Å². The minimum absolute atomic E-state index is 0.0406. The molecule has 0 saturated heterocycles. The third kappa shape index (κ3) is 5.52. The highest BCUT2D eigenvalue weighted by atomic mass is 19.4. The number of amides is 2. The lowest BCUT2D eigenvalue weighted by Gasteiger charge is -2.18. The molecule has 0 spiro atoms. The van der Waals surface area contributed by atoms with Gasteiger partial charge in [-0.2, -0.15) is 13.2 Å². The summed E-state index contributed by atoms with van der Waals surface area (Å²) in [7, 11) is 0. The van der Waals surface area contributed by atoms with Crippen LogP contribution >= 0.6 is 0 Å². The number of benzene rings is 2. The van der Waals surface area contributed by atoms with Crippen molar-refractivity contribution in [2.24, 2.45) is 5.73 Å². The Morgan fingerprint density at radius 1 is 1.04 bits per heavy atom. The molecule has 0 aliphatic heterocycles. The molecule has 0 aliphatic rings. The second kappa shape index (κ2) is 8.17. The van der Waals surface area contributed by atoms with Gasteiger partial charge in [0, 0.05) is 6.42 Å². The Kier molecular flexibility index (Phi) is 6.17. The van der Waals surface area contributed by atoms with Gasteiger partial charge in [0.2, 0.25) is 5.91 Å². The van der Waals surface area contributed by atoms with E-state index in [0.717, 1.165) is 24.3 Å². The van der Waals surface area contributed by atoms with Crippen LogP contribution in [0.5, 0.6) is 0 Å². The summed E-state index contributed by atoms with van der Waals surface area (Å²) in [5, 5.41) is 12.3. The van der Waals surface area contributed by atoms with Crippen molar-refractivity contribution in [2.45, 2.75) is 24.7 Å². The van der Waals surface area contributed by atoms with Crippen molar-refractivity contribution in [3.05, 3.63) is 71.0 Å². The van der Waals surface area contributed by atoms with Crippen molar-refractivity contribution in [3.63, 3.8) is 0 Å². The van der Waals surface area contributed by atoms with Crippen LogP contribution < -0.4 is 11.1 Å². The van der Waals surface area contributed by atoms with E-state index in [1.165, 1.54) is 24.3 Å². The molecule has 0 saturated carbocycles. The first-order valence-electron chi connectivity index (χ1n) is 7.77. The molecular formula is C18H16F4N2O3. The number of alkyl halides is 3. The summed E-state index contributed by atoms with van der Waals surface area (Å²) in [4.78, 5) is 23.7. The number of nitrogens with two attached hydrogens (primary N) is 1. The zero-order valence-corrected chi connectivity index (χ0v) is 13.8. The molecule has 0 radical (unpaired) electrons. The van der Waals surface area contributed by atoms with E-state index in [1.54, 1.807) is 0 Å². The second-order valence-electron chi connectivity index (χ2n) is 5.82. The lowest BCUT2D eigenvalue weighted by molar-refractivity contribution is -0.137. The molecule has 144 valence electrons. The first kappa shape index (κ1) is 20.4. The maximum absolute atomic E-state index is 12.9. The molecule has 0 bridgehead atoms. The summed E-state index contributed by atoms with van der Waals surface area (Å²) < 4.78 is 50.6. The predicted molar refractivity (Wildman–Crippen MR) is 87.6 cm³/mol. The zero-order chi connectivity index (χ0) is 20.2. The van der Waals surface area contributed by atoms with Crippen LogP contribution in [0.15, 0.2) is 48.5 Å². The number of hydrogen-bond donors (Lipinski definition) is 3. The summed E-state index contributed by atoms with van der Waals surface area (Å²) in [6.07, 6.45) is -6.37. The van der Waals surface area contributed by atoms with Crippen LogP contribution in [0, 0.1) is 5.82 Å². The molecular weight excluding hydrogens is 368 g/mol. The van der Waals surface area contributed by atoms with Crippen LogP contribution in [0.25, 0.3) is 0 Å². The Bertz CT molecular complexity index is 805. The van der Waals surface area contributed by atoms with Crippen LogP contribution in [-0.2, 0) is 22.2 Å². The minimum atomic E-state index is -4.54. The number of rotatable bonds is 6. The van der Waals surface area contributed by atoms with Crippen molar-refractivity contribution < 1.29 is 32.3 Å². The second-order valence-corrected chi connectivity index (χ2v) is 5.82. The van der Waals surface area contributed by atoms with Crippen molar-refractivity contribution >= 4 is 11.8 Å². The van der Waals surface area contributed by atoms with E-state index in [2.05, 4.69) is 5.32 Å². The average molecular weight is 384 g/mol. The summed E-state index contributed by atoms with van der Waals surface area (Å²) in [6.45, 7) is 0. The average Bonchev–Trinajstić information content (AvgIpc) is 2.61. The fraction of sp³-hybridized carbons (Fsp3) is 0.222. The highest BCUT2D eigenvalue weighted by molar-refractivity contribution is 5.89. The van der Waals surface area contributed by atoms with Crippen LogP contribution in [0.3, 0.4) is 0 Å². The maximum Gasteiger partial charge on any atom is 0.416 e. The van der Waals surface area contributed by atoms with E-state index in [4.69, 9.17) is 5.73 Å². The third-order valence-electron chi connectivity index (χ3n) is 3.82. The Labute approximate surface area is 151 Å². The monoisotopic (exact) mass is 384 g/mol. The van der Waals surface area contributed by atoms with Crippen molar-refractivity contribution in [1.82, 2.24) is 5.32 Å². The van der Waals surface area contributed by atoms with E-state index in [-0.39, 0.29) is 12.0 Å². The molecule has 2 aromatic carbocycles. The number of aliphatic hydroxyl groups excluding tert-OH is 1.